The second kappa shape index (κ2) is 6.42. The normalized spacial score (nSPS) is 15.7. The fraction of sp³-hybridized carbons (Fsp3) is 0. The van der Waals surface area contributed by atoms with Crippen molar-refractivity contribution in [3.05, 3.63) is 60.6 Å². The van der Waals surface area contributed by atoms with E-state index >= 15 is 0 Å². The van der Waals surface area contributed by atoms with Gasteiger partial charge in [-0.3, -0.25) is 5.43 Å². The number of hydrogen-bond acceptors (Lipinski definition) is 2. The molecule has 2 rings (SSSR count). The molecule has 5 radical (unpaired) electrons. The predicted molar refractivity (Wildman–Crippen MR) is 71.7 cm³/mol. The second-order valence-electron chi connectivity index (χ2n) is 3.44. The van der Waals surface area contributed by atoms with Gasteiger partial charge >= 0.3 is 0 Å². The van der Waals surface area contributed by atoms with Gasteiger partial charge in [0.1, 0.15) is 5.82 Å². The largest absolute Gasteiger partial charge is 0.278 e. The molecule has 0 heterocycles. The quantitative estimate of drug-likeness (QED) is 0.492. The molecule has 1 N–H and O–H groups in total. The molecule has 0 aromatic heterocycles. The molecule has 0 aliphatic heterocycles. The van der Waals surface area contributed by atoms with Gasteiger partial charge in [-0.15, -0.1) is 0 Å². The summed E-state index contributed by atoms with van der Waals surface area (Å²) < 4.78 is 12.9. The van der Waals surface area contributed by atoms with Crippen LogP contribution in [-0.4, -0.2) is 6.21 Å². The lowest BCUT2D eigenvalue weighted by atomic mass is 10.1. The first kappa shape index (κ1) is 12.9. The SMILES string of the molecule is Fc1ccc(N/N=C\C#C[C]2[CH][CH][CH][CH]2)cc1Cl. The highest BCUT2D eigenvalue weighted by molar-refractivity contribution is 6.31. The molecule has 18 heavy (non-hydrogen) atoms. The van der Waals surface area contributed by atoms with Crippen LogP contribution in [0.1, 0.15) is 0 Å². The van der Waals surface area contributed by atoms with E-state index in [0.717, 1.165) is 5.92 Å². The van der Waals surface area contributed by atoms with Crippen molar-refractivity contribution in [3.63, 3.8) is 0 Å². The number of nitrogens with zero attached hydrogens (tertiary/aromatic N) is 1. The summed E-state index contributed by atoms with van der Waals surface area (Å²) >= 11 is 5.63. The van der Waals surface area contributed by atoms with Crippen LogP contribution in [0.4, 0.5) is 10.1 Å². The number of hydrogen-bond donors (Lipinski definition) is 1. The molecule has 4 heteroatoms. The average molecular weight is 260 g/mol. The molecular formula is C14H9ClFN2. The van der Waals surface area contributed by atoms with Crippen LogP contribution < -0.4 is 5.43 Å². The van der Waals surface area contributed by atoms with Crippen LogP contribution in [-0.2, 0) is 0 Å². The van der Waals surface area contributed by atoms with Crippen molar-refractivity contribution in [1.29, 1.82) is 0 Å². The molecule has 1 aromatic carbocycles. The van der Waals surface area contributed by atoms with E-state index in [1.807, 2.05) is 25.7 Å². The van der Waals surface area contributed by atoms with Gasteiger partial charge in [0.05, 0.1) is 22.8 Å². The zero-order valence-electron chi connectivity index (χ0n) is 9.32. The number of hydrazone groups is 1. The summed E-state index contributed by atoms with van der Waals surface area (Å²) in [6.07, 6.45) is 9.09. The highest BCUT2D eigenvalue weighted by Gasteiger charge is 2.13. The third kappa shape index (κ3) is 3.75. The molecule has 0 spiro atoms. The molecular weight excluding hydrogens is 251 g/mol. The first-order valence-electron chi connectivity index (χ1n) is 5.21. The van der Waals surface area contributed by atoms with Crippen LogP contribution in [0.25, 0.3) is 0 Å². The molecule has 0 unspecified atom stereocenters. The highest BCUT2D eigenvalue weighted by Crippen LogP contribution is 2.21. The summed E-state index contributed by atoms with van der Waals surface area (Å²) in [6, 6.07) is 4.28. The van der Waals surface area contributed by atoms with Gasteiger partial charge in [-0.25, -0.2) is 4.39 Å². The Bertz CT molecular complexity index is 496. The van der Waals surface area contributed by atoms with Gasteiger partial charge in [0.25, 0.3) is 0 Å². The van der Waals surface area contributed by atoms with E-state index in [-0.39, 0.29) is 5.02 Å². The lowest BCUT2D eigenvalue weighted by Crippen LogP contribution is -1.90. The molecule has 0 bridgehead atoms. The maximum absolute atomic E-state index is 12.9. The first-order chi connectivity index (χ1) is 8.75. The lowest BCUT2D eigenvalue weighted by molar-refractivity contribution is 0.628. The summed E-state index contributed by atoms with van der Waals surface area (Å²) in [5.41, 5.74) is 3.31. The standard InChI is InChI=1S/C14H9ClFN2/c15-13-10-12(7-8-14(13)16)18-17-9-3-6-11-4-1-2-5-11/h1-2,4-5,7-10,18H/b17-9-. The van der Waals surface area contributed by atoms with E-state index in [4.69, 9.17) is 11.6 Å². The lowest BCUT2D eigenvalue weighted by Gasteiger charge is -2.00. The van der Waals surface area contributed by atoms with Crippen molar-refractivity contribution in [1.82, 2.24) is 0 Å². The Hall–Kier alpha value is -1.53. The fourth-order valence-corrected chi connectivity index (χ4v) is 1.46. The monoisotopic (exact) mass is 259 g/mol. The summed E-state index contributed by atoms with van der Waals surface area (Å²) in [4.78, 5) is 0. The van der Waals surface area contributed by atoms with Gasteiger partial charge in [-0.1, -0.05) is 23.4 Å². The van der Waals surface area contributed by atoms with E-state index in [1.165, 1.54) is 18.3 Å². The minimum atomic E-state index is -0.456. The summed E-state index contributed by atoms with van der Waals surface area (Å²) in [5, 5.41) is 3.94. The number of rotatable bonds is 2. The van der Waals surface area contributed by atoms with Crippen LogP contribution in [0, 0.1) is 49.3 Å². The van der Waals surface area contributed by atoms with Gasteiger partial charge in [0.2, 0.25) is 0 Å². The number of nitrogens with one attached hydrogen (secondary N) is 1. The van der Waals surface area contributed by atoms with E-state index in [1.54, 1.807) is 6.07 Å². The fourth-order valence-electron chi connectivity index (χ4n) is 1.28. The van der Waals surface area contributed by atoms with Crippen LogP contribution in [0.3, 0.4) is 0 Å². The van der Waals surface area contributed by atoms with Crippen molar-refractivity contribution < 1.29 is 4.39 Å². The molecule has 1 fully saturated rings. The Morgan fingerprint density at radius 3 is 2.78 bits per heavy atom. The second-order valence-corrected chi connectivity index (χ2v) is 3.85. The Balaban J connectivity index is 1.84. The van der Waals surface area contributed by atoms with Crippen molar-refractivity contribution >= 4 is 23.5 Å². The smallest absolute Gasteiger partial charge is 0.141 e. The number of halogens is 2. The first-order valence-corrected chi connectivity index (χ1v) is 5.59. The minimum Gasteiger partial charge on any atom is -0.278 e. The molecule has 1 aliphatic carbocycles. The zero-order valence-corrected chi connectivity index (χ0v) is 10.1. The molecule has 1 aromatic rings. The Kier molecular flexibility index (Phi) is 4.60. The van der Waals surface area contributed by atoms with Crippen LogP contribution in [0.5, 0.6) is 0 Å². The van der Waals surface area contributed by atoms with E-state index in [9.17, 15) is 4.39 Å². The molecule has 1 saturated carbocycles. The van der Waals surface area contributed by atoms with Gasteiger partial charge in [0.15, 0.2) is 0 Å². The van der Waals surface area contributed by atoms with Crippen molar-refractivity contribution in [2.45, 2.75) is 0 Å². The summed E-state index contributed by atoms with van der Waals surface area (Å²) in [5.74, 6) is 6.16. The highest BCUT2D eigenvalue weighted by atomic mass is 35.5. The molecule has 0 saturated heterocycles. The van der Waals surface area contributed by atoms with Gasteiger partial charge in [-0.05, 0) is 43.9 Å². The number of benzene rings is 1. The van der Waals surface area contributed by atoms with E-state index in [0.29, 0.717) is 5.69 Å². The Labute approximate surface area is 111 Å². The van der Waals surface area contributed by atoms with Crippen molar-refractivity contribution in [2.24, 2.45) is 5.10 Å². The third-order valence-corrected chi connectivity index (χ3v) is 2.41. The van der Waals surface area contributed by atoms with E-state index < -0.39 is 5.82 Å². The van der Waals surface area contributed by atoms with Gasteiger partial charge < -0.3 is 0 Å². The molecule has 1 aliphatic rings. The summed E-state index contributed by atoms with van der Waals surface area (Å²) in [6.45, 7) is 0. The molecule has 89 valence electrons. The predicted octanol–water partition coefficient (Wildman–Crippen LogP) is 3.29. The molecule has 0 atom stereocenters. The Morgan fingerprint density at radius 1 is 1.28 bits per heavy atom. The minimum absolute atomic E-state index is 0.0538. The summed E-state index contributed by atoms with van der Waals surface area (Å²) in [7, 11) is 0. The third-order valence-electron chi connectivity index (χ3n) is 2.12. The van der Waals surface area contributed by atoms with Gasteiger partial charge in [-0.2, -0.15) is 5.10 Å². The topological polar surface area (TPSA) is 24.4 Å². The van der Waals surface area contributed by atoms with Crippen LogP contribution in [0.15, 0.2) is 23.3 Å². The maximum Gasteiger partial charge on any atom is 0.141 e. The van der Waals surface area contributed by atoms with E-state index in [2.05, 4.69) is 22.4 Å². The Morgan fingerprint density at radius 2 is 2.06 bits per heavy atom. The van der Waals surface area contributed by atoms with Crippen LogP contribution >= 0.6 is 11.6 Å². The van der Waals surface area contributed by atoms with Crippen molar-refractivity contribution in [2.75, 3.05) is 5.43 Å². The van der Waals surface area contributed by atoms with Crippen molar-refractivity contribution in [3.8, 4) is 11.8 Å². The average Bonchev–Trinajstić information content (AvgIpc) is 2.86. The zero-order chi connectivity index (χ0) is 12.8. The molecule has 0 amide bonds. The molecule has 2 nitrogen and oxygen atoms in total. The van der Waals surface area contributed by atoms with Crippen LogP contribution in [0.2, 0.25) is 5.02 Å². The number of anilines is 1. The maximum atomic E-state index is 12.9. The van der Waals surface area contributed by atoms with Gasteiger partial charge in [0, 0.05) is 0 Å².